The zero-order chi connectivity index (χ0) is 24.5. The van der Waals surface area contributed by atoms with Gasteiger partial charge < -0.3 is 14.6 Å². The first-order chi connectivity index (χ1) is 17.1. The van der Waals surface area contributed by atoms with Crippen molar-refractivity contribution in [2.24, 2.45) is 5.92 Å². The van der Waals surface area contributed by atoms with E-state index in [1.807, 2.05) is 66.7 Å². The maximum atomic E-state index is 11.7. The molecule has 0 aromatic heterocycles. The van der Waals surface area contributed by atoms with Crippen molar-refractivity contribution in [2.45, 2.75) is 38.1 Å². The van der Waals surface area contributed by atoms with Crippen LogP contribution < -0.4 is 0 Å². The number of ether oxygens (including phenoxy) is 2. The molecule has 3 aromatic carbocycles. The highest BCUT2D eigenvalue weighted by Gasteiger charge is 2.30. The third-order valence-electron chi connectivity index (χ3n) is 6.69. The smallest absolute Gasteiger partial charge is 0.303 e. The molecule has 1 heterocycles. The van der Waals surface area contributed by atoms with Crippen molar-refractivity contribution < 1.29 is 19.4 Å². The molecule has 1 fully saturated rings. The summed E-state index contributed by atoms with van der Waals surface area (Å²) in [5.41, 5.74) is 3.23. The Hall–Kier alpha value is -2.99. The van der Waals surface area contributed by atoms with Crippen LogP contribution in [0.1, 0.15) is 48.7 Å². The largest absolute Gasteiger partial charge is 0.456 e. The van der Waals surface area contributed by atoms with Crippen LogP contribution in [-0.2, 0) is 14.3 Å². The number of β-amino-alcohol motifs (C(OH)–C–C–N with tert-alkyl or cyclic N) is 1. The Morgan fingerprint density at radius 3 is 1.97 bits per heavy atom. The minimum atomic E-state index is -0.437. The van der Waals surface area contributed by atoms with Gasteiger partial charge in [-0.1, -0.05) is 91.0 Å². The van der Waals surface area contributed by atoms with Crippen molar-refractivity contribution >= 4 is 5.97 Å². The lowest BCUT2D eigenvalue weighted by Gasteiger charge is -2.37. The predicted octanol–water partition coefficient (Wildman–Crippen LogP) is 5.17. The number of esters is 1. The maximum Gasteiger partial charge on any atom is 0.303 e. The third kappa shape index (κ3) is 7.25. The first-order valence-corrected chi connectivity index (χ1v) is 12.4. The van der Waals surface area contributed by atoms with E-state index < -0.39 is 6.10 Å². The summed E-state index contributed by atoms with van der Waals surface area (Å²) in [5.74, 6) is -0.111. The number of hydrogen-bond donors (Lipinski definition) is 1. The van der Waals surface area contributed by atoms with Crippen LogP contribution >= 0.6 is 0 Å². The number of carbonyl (C=O) groups is 1. The van der Waals surface area contributed by atoms with Crippen LogP contribution in [0.25, 0.3) is 0 Å². The summed E-state index contributed by atoms with van der Waals surface area (Å²) >= 11 is 0. The normalized spacial score (nSPS) is 19.4. The van der Waals surface area contributed by atoms with Gasteiger partial charge in [0.15, 0.2) is 0 Å². The monoisotopic (exact) mass is 473 g/mol. The van der Waals surface area contributed by atoms with Crippen LogP contribution in [-0.4, -0.2) is 48.3 Å². The Bertz CT molecular complexity index is 988. The number of rotatable bonds is 10. The first-order valence-electron chi connectivity index (χ1n) is 12.4. The number of piperidine rings is 1. The Labute approximate surface area is 208 Å². The van der Waals surface area contributed by atoms with Gasteiger partial charge >= 0.3 is 5.97 Å². The molecule has 0 bridgehead atoms. The number of aliphatic hydroxyl groups excluding tert-OH is 1. The lowest BCUT2D eigenvalue weighted by Crippen LogP contribution is -2.45. The number of benzene rings is 3. The van der Waals surface area contributed by atoms with Gasteiger partial charge in [-0.15, -0.1) is 0 Å². The van der Waals surface area contributed by atoms with Crippen LogP contribution in [0.4, 0.5) is 0 Å². The molecule has 5 heteroatoms. The fraction of sp³-hybridized carbons (Fsp3) is 0.367. The van der Waals surface area contributed by atoms with E-state index >= 15 is 0 Å². The lowest BCUT2D eigenvalue weighted by atomic mass is 9.90. The summed E-state index contributed by atoms with van der Waals surface area (Å²) < 4.78 is 12.0. The van der Waals surface area contributed by atoms with Gasteiger partial charge in [-0.25, -0.2) is 0 Å². The van der Waals surface area contributed by atoms with E-state index in [0.29, 0.717) is 19.7 Å². The highest BCUT2D eigenvalue weighted by molar-refractivity contribution is 5.66. The molecule has 1 aliphatic heterocycles. The second kappa shape index (κ2) is 12.6. The Kier molecular flexibility index (Phi) is 9.07. The summed E-state index contributed by atoms with van der Waals surface area (Å²) in [5, 5.41) is 10.9. The molecule has 1 saturated heterocycles. The average Bonchev–Trinajstić information content (AvgIpc) is 2.88. The molecule has 0 spiro atoms. The van der Waals surface area contributed by atoms with Gasteiger partial charge in [0.05, 0.1) is 6.10 Å². The Balaban J connectivity index is 1.31. The van der Waals surface area contributed by atoms with E-state index in [0.717, 1.165) is 36.1 Å². The van der Waals surface area contributed by atoms with Crippen molar-refractivity contribution in [3.05, 3.63) is 108 Å². The van der Waals surface area contributed by atoms with E-state index in [2.05, 4.69) is 29.2 Å². The molecule has 1 aliphatic rings. The van der Waals surface area contributed by atoms with Crippen LogP contribution in [0, 0.1) is 5.92 Å². The molecular formula is C30H35NO4. The number of hydrogen-bond acceptors (Lipinski definition) is 5. The van der Waals surface area contributed by atoms with Crippen molar-refractivity contribution in [1.29, 1.82) is 0 Å². The maximum absolute atomic E-state index is 11.7. The SMILES string of the molecule is CC(=O)O[C@H](CN1CCC(CCOC(c2ccccc2)c2ccccc2)C(O)C1)c1ccccc1. The fourth-order valence-electron chi connectivity index (χ4n) is 4.84. The van der Waals surface area contributed by atoms with Gasteiger partial charge in [0.1, 0.15) is 12.2 Å². The standard InChI is InChI=1S/C30H35NO4/c1-23(32)35-29(25-11-5-2-6-12-25)22-31-19-17-24(28(33)21-31)18-20-34-30(26-13-7-3-8-14-26)27-15-9-4-10-16-27/h2-16,24,28-30,33H,17-22H2,1H3/t24?,28?,29-/m1/s1. The van der Waals surface area contributed by atoms with Gasteiger partial charge in [-0.2, -0.15) is 0 Å². The van der Waals surface area contributed by atoms with Crippen LogP contribution in [0.3, 0.4) is 0 Å². The molecular weight excluding hydrogens is 438 g/mol. The van der Waals surface area contributed by atoms with Gasteiger partial charge in [-0.3, -0.25) is 9.69 Å². The summed E-state index contributed by atoms with van der Waals surface area (Å²) in [6, 6.07) is 30.3. The molecule has 1 N–H and O–H groups in total. The molecule has 2 unspecified atom stereocenters. The van der Waals surface area contributed by atoms with Crippen molar-refractivity contribution in [3.63, 3.8) is 0 Å². The third-order valence-corrected chi connectivity index (χ3v) is 6.69. The predicted molar refractivity (Wildman–Crippen MR) is 137 cm³/mol. The summed E-state index contributed by atoms with van der Waals surface area (Å²) in [6.07, 6.45) is 0.793. The highest BCUT2D eigenvalue weighted by atomic mass is 16.5. The molecule has 3 atom stereocenters. The van der Waals surface area contributed by atoms with E-state index in [1.54, 1.807) is 0 Å². The second-order valence-corrected chi connectivity index (χ2v) is 9.25. The Morgan fingerprint density at radius 1 is 0.914 bits per heavy atom. The molecule has 3 aromatic rings. The summed E-state index contributed by atoms with van der Waals surface area (Å²) in [4.78, 5) is 13.9. The van der Waals surface area contributed by atoms with Crippen LogP contribution in [0.5, 0.6) is 0 Å². The van der Waals surface area contributed by atoms with Crippen molar-refractivity contribution in [3.8, 4) is 0 Å². The van der Waals surface area contributed by atoms with E-state index in [1.165, 1.54) is 6.92 Å². The van der Waals surface area contributed by atoms with E-state index in [9.17, 15) is 9.90 Å². The van der Waals surface area contributed by atoms with Crippen molar-refractivity contribution in [1.82, 2.24) is 4.90 Å². The molecule has 5 nitrogen and oxygen atoms in total. The number of likely N-dealkylation sites (tertiary alicyclic amines) is 1. The summed E-state index contributed by atoms with van der Waals surface area (Å²) in [7, 11) is 0. The molecule has 0 aliphatic carbocycles. The van der Waals surface area contributed by atoms with Gasteiger partial charge in [0.25, 0.3) is 0 Å². The molecule has 0 saturated carbocycles. The molecule has 184 valence electrons. The number of aliphatic hydroxyl groups is 1. The second-order valence-electron chi connectivity index (χ2n) is 9.25. The van der Waals surface area contributed by atoms with Crippen LogP contribution in [0.2, 0.25) is 0 Å². The minimum absolute atomic E-state index is 0.120. The number of nitrogens with zero attached hydrogens (tertiary/aromatic N) is 1. The molecule has 0 radical (unpaired) electrons. The van der Waals surface area contributed by atoms with E-state index in [4.69, 9.17) is 9.47 Å². The Morgan fingerprint density at radius 2 is 1.46 bits per heavy atom. The van der Waals surface area contributed by atoms with E-state index in [-0.39, 0.29) is 24.1 Å². The topological polar surface area (TPSA) is 59.0 Å². The minimum Gasteiger partial charge on any atom is -0.456 e. The zero-order valence-electron chi connectivity index (χ0n) is 20.3. The quantitative estimate of drug-likeness (QED) is 0.412. The summed E-state index contributed by atoms with van der Waals surface area (Å²) in [6.45, 7) is 4.02. The fourth-order valence-corrected chi connectivity index (χ4v) is 4.84. The highest BCUT2D eigenvalue weighted by Crippen LogP contribution is 2.29. The number of carbonyl (C=O) groups excluding carboxylic acids is 1. The average molecular weight is 474 g/mol. The van der Waals surface area contributed by atoms with Gasteiger partial charge in [-0.05, 0) is 42.0 Å². The first kappa shape index (κ1) is 25.1. The zero-order valence-corrected chi connectivity index (χ0v) is 20.3. The van der Waals surface area contributed by atoms with Gasteiger partial charge in [0.2, 0.25) is 0 Å². The molecule has 4 rings (SSSR count). The molecule has 0 amide bonds. The van der Waals surface area contributed by atoms with Crippen LogP contribution in [0.15, 0.2) is 91.0 Å². The lowest BCUT2D eigenvalue weighted by molar-refractivity contribution is -0.148. The van der Waals surface area contributed by atoms with Gasteiger partial charge in [0, 0.05) is 26.6 Å². The van der Waals surface area contributed by atoms with Crippen molar-refractivity contribution in [2.75, 3.05) is 26.2 Å². The molecule has 35 heavy (non-hydrogen) atoms.